The SMILES string of the molecule is COc1ccc([C@H]2CC(=O)C3=C(C2)NC(C)=C(C(=O)Nc2cccc(C)n2)[C@H]3c2cccnc2)cc1. The summed E-state index contributed by atoms with van der Waals surface area (Å²) in [6, 6.07) is 17.1. The summed E-state index contributed by atoms with van der Waals surface area (Å²) < 4.78 is 5.28. The predicted molar refractivity (Wildman–Crippen MR) is 137 cm³/mol. The summed E-state index contributed by atoms with van der Waals surface area (Å²) in [5.41, 5.74) is 5.43. The van der Waals surface area contributed by atoms with Gasteiger partial charge < -0.3 is 15.4 Å². The molecule has 5 rings (SSSR count). The average Bonchev–Trinajstić information content (AvgIpc) is 2.88. The number of carbonyl (C=O) groups excluding carboxylic acids is 2. The lowest BCUT2D eigenvalue weighted by Gasteiger charge is -2.37. The van der Waals surface area contributed by atoms with E-state index in [0.29, 0.717) is 29.8 Å². The maximum absolute atomic E-state index is 13.7. The lowest BCUT2D eigenvalue weighted by Crippen LogP contribution is -2.37. The molecular weight excluding hydrogens is 452 g/mol. The molecule has 1 aliphatic carbocycles. The number of hydrogen-bond donors (Lipinski definition) is 2. The van der Waals surface area contributed by atoms with Crippen molar-refractivity contribution in [2.75, 3.05) is 12.4 Å². The van der Waals surface area contributed by atoms with Gasteiger partial charge in [-0.25, -0.2) is 4.98 Å². The molecule has 182 valence electrons. The maximum atomic E-state index is 13.7. The van der Waals surface area contributed by atoms with Crippen molar-refractivity contribution in [2.45, 2.75) is 38.5 Å². The van der Waals surface area contributed by atoms with Gasteiger partial charge >= 0.3 is 0 Å². The van der Waals surface area contributed by atoms with Crippen molar-refractivity contribution < 1.29 is 14.3 Å². The van der Waals surface area contributed by atoms with Crippen LogP contribution in [0.25, 0.3) is 0 Å². The van der Waals surface area contributed by atoms with Gasteiger partial charge in [-0.05, 0) is 67.6 Å². The molecule has 1 aliphatic heterocycles. The fraction of sp³-hybridized carbons (Fsp3) is 0.241. The van der Waals surface area contributed by atoms with Gasteiger partial charge in [-0.1, -0.05) is 24.3 Å². The zero-order valence-corrected chi connectivity index (χ0v) is 20.5. The van der Waals surface area contributed by atoms with Gasteiger partial charge in [0.1, 0.15) is 11.6 Å². The highest BCUT2D eigenvalue weighted by Gasteiger charge is 2.41. The first-order valence-electron chi connectivity index (χ1n) is 12.0. The molecule has 0 spiro atoms. The fourth-order valence-electron chi connectivity index (χ4n) is 5.13. The minimum atomic E-state index is -0.510. The number of nitrogens with one attached hydrogen (secondary N) is 2. The minimum Gasteiger partial charge on any atom is -0.497 e. The van der Waals surface area contributed by atoms with Gasteiger partial charge in [0, 0.05) is 53.0 Å². The average molecular weight is 481 g/mol. The third kappa shape index (κ3) is 4.52. The van der Waals surface area contributed by atoms with E-state index in [9.17, 15) is 9.59 Å². The van der Waals surface area contributed by atoms with Crippen LogP contribution in [0.15, 0.2) is 89.5 Å². The van der Waals surface area contributed by atoms with Crippen LogP contribution in [-0.2, 0) is 9.59 Å². The molecule has 7 heteroatoms. The standard InChI is InChI=1S/C29H28N4O3/c1-17-6-4-8-25(31-17)33-29(35)26-18(2)32-23-14-21(19-9-11-22(36-3)12-10-19)15-24(34)28(23)27(26)20-7-5-13-30-16-20/h4-13,16,21,27,32H,14-15H2,1-3H3,(H,31,33,35)/t21-,27-/m1/s1. The van der Waals surface area contributed by atoms with Crippen LogP contribution in [0.4, 0.5) is 5.82 Å². The number of anilines is 1. The van der Waals surface area contributed by atoms with Crippen molar-refractivity contribution in [3.05, 3.63) is 106 Å². The molecule has 0 saturated heterocycles. The number of amides is 1. The molecule has 2 aromatic heterocycles. The summed E-state index contributed by atoms with van der Waals surface area (Å²) in [6.45, 7) is 3.75. The van der Waals surface area contributed by atoms with Crippen molar-refractivity contribution in [2.24, 2.45) is 0 Å². The summed E-state index contributed by atoms with van der Waals surface area (Å²) in [7, 11) is 1.64. The van der Waals surface area contributed by atoms with Crippen molar-refractivity contribution in [3.8, 4) is 5.75 Å². The second-order valence-corrected chi connectivity index (χ2v) is 9.20. The van der Waals surface area contributed by atoms with Crippen molar-refractivity contribution in [1.29, 1.82) is 0 Å². The number of hydrogen-bond acceptors (Lipinski definition) is 6. The molecule has 0 bridgehead atoms. The van der Waals surface area contributed by atoms with Crippen LogP contribution < -0.4 is 15.4 Å². The largest absolute Gasteiger partial charge is 0.497 e. The predicted octanol–water partition coefficient (Wildman–Crippen LogP) is 4.79. The molecule has 3 aromatic rings. The number of Topliss-reactive ketones (excluding diaryl/α,β-unsaturated/α-hetero) is 1. The van der Waals surface area contributed by atoms with E-state index < -0.39 is 5.92 Å². The van der Waals surface area contributed by atoms with Crippen LogP contribution in [0.5, 0.6) is 5.75 Å². The number of allylic oxidation sites excluding steroid dienone is 3. The summed E-state index contributed by atoms with van der Waals surface area (Å²) in [6.07, 6.45) is 4.47. The van der Waals surface area contributed by atoms with Crippen LogP contribution in [0, 0.1) is 6.92 Å². The van der Waals surface area contributed by atoms with Crippen LogP contribution >= 0.6 is 0 Å². The third-order valence-electron chi connectivity index (χ3n) is 6.81. The van der Waals surface area contributed by atoms with Gasteiger partial charge in [-0.3, -0.25) is 14.6 Å². The number of ketones is 1. The first kappa shape index (κ1) is 23.5. The number of nitrogens with zero attached hydrogens (tertiary/aromatic N) is 2. The van der Waals surface area contributed by atoms with Gasteiger partial charge in [0.2, 0.25) is 0 Å². The Morgan fingerprint density at radius 3 is 2.53 bits per heavy atom. The second-order valence-electron chi connectivity index (χ2n) is 9.20. The fourth-order valence-corrected chi connectivity index (χ4v) is 5.13. The quantitative estimate of drug-likeness (QED) is 0.545. The molecule has 1 amide bonds. The van der Waals surface area contributed by atoms with E-state index in [-0.39, 0.29) is 17.6 Å². The lowest BCUT2D eigenvalue weighted by atomic mass is 9.72. The van der Waals surface area contributed by atoms with E-state index in [2.05, 4.69) is 20.6 Å². The summed E-state index contributed by atoms with van der Waals surface area (Å²) in [5.74, 6) is 0.534. The molecule has 0 unspecified atom stereocenters. The first-order valence-corrected chi connectivity index (χ1v) is 12.0. The number of dihydropyridines is 1. The lowest BCUT2D eigenvalue weighted by molar-refractivity contribution is -0.116. The number of benzene rings is 1. The monoisotopic (exact) mass is 480 g/mol. The molecule has 0 fully saturated rings. The van der Waals surface area contributed by atoms with E-state index >= 15 is 0 Å². The molecule has 1 aromatic carbocycles. The van der Waals surface area contributed by atoms with Crippen LogP contribution in [0.3, 0.4) is 0 Å². The number of aromatic nitrogens is 2. The Labute approximate surface area is 210 Å². The Morgan fingerprint density at radius 2 is 1.83 bits per heavy atom. The van der Waals surface area contributed by atoms with Crippen LogP contribution in [0.1, 0.15) is 48.4 Å². The number of methoxy groups -OCH3 is 1. The second kappa shape index (κ2) is 9.77. The van der Waals surface area contributed by atoms with Gasteiger partial charge in [0.25, 0.3) is 5.91 Å². The first-order chi connectivity index (χ1) is 17.4. The van der Waals surface area contributed by atoms with E-state index in [0.717, 1.165) is 34.0 Å². The number of carbonyl (C=O) groups is 2. The molecule has 2 atom stereocenters. The van der Waals surface area contributed by atoms with Crippen molar-refractivity contribution in [3.63, 3.8) is 0 Å². The van der Waals surface area contributed by atoms with E-state index in [4.69, 9.17) is 4.74 Å². The number of pyridine rings is 2. The van der Waals surface area contributed by atoms with Gasteiger partial charge in [0.05, 0.1) is 7.11 Å². The summed E-state index contributed by atoms with van der Waals surface area (Å²) in [4.78, 5) is 36.0. The van der Waals surface area contributed by atoms with Gasteiger partial charge in [-0.15, -0.1) is 0 Å². The Morgan fingerprint density at radius 1 is 1.03 bits per heavy atom. The number of aryl methyl sites for hydroxylation is 1. The molecule has 0 saturated carbocycles. The molecule has 7 nitrogen and oxygen atoms in total. The smallest absolute Gasteiger partial charge is 0.255 e. The normalized spacial score (nSPS) is 19.5. The summed E-state index contributed by atoms with van der Waals surface area (Å²) >= 11 is 0. The summed E-state index contributed by atoms with van der Waals surface area (Å²) in [5, 5.41) is 6.34. The number of ether oxygens (including phenoxy) is 1. The maximum Gasteiger partial charge on any atom is 0.255 e. The van der Waals surface area contributed by atoms with E-state index in [1.807, 2.05) is 62.4 Å². The molecule has 2 aliphatic rings. The van der Waals surface area contributed by atoms with Crippen molar-refractivity contribution in [1.82, 2.24) is 15.3 Å². The van der Waals surface area contributed by atoms with Gasteiger partial charge in [-0.2, -0.15) is 0 Å². The highest BCUT2D eigenvalue weighted by Crippen LogP contribution is 2.45. The van der Waals surface area contributed by atoms with Gasteiger partial charge in [0.15, 0.2) is 5.78 Å². The molecule has 3 heterocycles. The van der Waals surface area contributed by atoms with E-state index in [1.165, 1.54) is 0 Å². The van der Waals surface area contributed by atoms with Crippen molar-refractivity contribution >= 4 is 17.5 Å². The zero-order chi connectivity index (χ0) is 25.2. The third-order valence-corrected chi connectivity index (χ3v) is 6.81. The van der Waals surface area contributed by atoms with Crippen LogP contribution in [-0.4, -0.2) is 28.8 Å². The number of rotatable bonds is 5. The Balaban J connectivity index is 1.52. The highest BCUT2D eigenvalue weighted by atomic mass is 16.5. The molecule has 36 heavy (non-hydrogen) atoms. The Hall–Kier alpha value is -4.26. The zero-order valence-electron chi connectivity index (χ0n) is 20.5. The van der Waals surface area contributed by atoms with Crippen LogP contribution in [0.2, 0.25) is 0 Å². The van der Waals surface area contributed by atoms with E-state index in [1.54, 1.807) is 25.6 Å². The molecule has 0 radical (unpaired) electrons. The minimum absolute atomic E-state index is 0.0323. The Bertz CT molecular complexity index is 1380. The Kier molecular flexibility index (Phi) is 6.38. The molecule has 2 N–H and O–H groups in total. The highest BCUT2D eigenvalue weighted by molar-refractivity contribution is 6.09. The molecular formula is C29H28N4O3. The topological polar surface area (TPSA) is 93.2 Å².